The SMILES string of the molecule is C=C(CO)C(=O)OC/C1=C\C[C@@H]2C(=C)C(=O)O[C@H]2C/C(CO)=C/CC1. The molecule has 6 heteroatoms. The molecule has 2 aliphatic rings. The van der Waals surface area contributed by atoms with Gasteiger partial charge in [-0.15, -0.1) is 0 Å². The zero-order valence-electron chi connectivity index (χ0n) is 14.2. The molecule has 0 aromatic carbocycles. The van der Waals surface area contributed by atoms with Gasteiger partial charge in [0.15, 0.2) is 0 Å². The molecule has 0 aromatic rings. The second kappa shape index (κ2) is 8.78. The van der Waals surface area contributed by atoms with Crippen LogP contribution in [0.5, 0.6) is 0 Å². The number of allylic oxidation sites excluding steroid dienone is 2. The summed E-state index contributed by atoms with van der Waals surface area (Å²) in [6.07, 6.45) is 5.97. The molecule has 0 saturated carbocycles. The second-order valence-electron chi connectivity index (χ2n) is 6.27. The first-order valence-corrected chi connectivity index (χ1v) is 8.28. The molecule has 0 bridgehead atoms. The van der Waals surface area contributed by atoms with Gasteiger partial charge in [-0.25, -0.2) is 9.59 Å². The number of hydrogen-bond donors (Lipinski definition) is 2. The van der Waals surface area contributed by atoms with Gasteiger partial charge in [0.05, 0.1) is 18.8 Å². The maximum Gasteiger partial charge on any atom is 0.336 e. The van der Waals surface area contributed by atoms with E-state index in [1.807, 2.05) is 12.2 Å². The monoisotopic (exact) mass is 348 g/mol. The lowest BCUT2D eigenvalue weighted by atomic mass is 9.87. The third-order valence-corrected chi connectivity index (χ3v) is 4.51. The maximum atomic E-state index is 11.8. The molecule has 136 valence electrons. The van der Waals surface area contributed by atoms with Crippen LogP contribution in [0.2, 0.25) is 0 Å². The number of ether oxygens (including phenoxy) is 2. The van der Waals surface area contributed by atoms with Gasteiger partial charge in [0.1, 0.15) is 12.7 Å². The average Bonchev–Trinajstić information content (AvgIpc) is 2.88. The summed E-state index contributed by atoms with van der Waals surface area (Å²) in [6.45, 7) is 6.82. The molecule has 1 heterocycles. The highest BCUT2D eigenvalue weighted by molar-refractivity contribution is 5.91. The number of rotatable bonds is 5. The molecule has 1 aliphatic heterocycles. The molecule has 1 fully saturated rings. The van der Waals surface area contributed by atoms with Crippen LogP contribution >= 0.6 is 0 Å². The Morgan fingerprint density at radius 3 is 2.76 bits per heavy atom. The van der Waals surface area contributed by atoms with E-state index in [-0.39, 0.29) is 30.8 Å². The van der Waals surface area contributed by atoms with E-state index in [2.05, 4.69) is 13.2 Å². The molecule has 0 radical (unpaired) electrons. The average molecular weight is 348 g/mol. The van der Waals surface area contributed by atoms with Gasteiger partial charge >= 0.3 is 11.9 Å². The smallest absolute Gasteiger partial charge is 0.336 e. The Hall–Kier alpha value is -2.18. The Bertz CT molecular complexity index is 628. The molecule has 2 N–H and O–H groups in total. The van der Waals surface area contributed by atoms with Crippen LogP contribution < -0.4 is 0 Å². The van der Waals surface area contributed by atoms with Crippen LogP contribution in [0.15, 0.2) is 47.6 Å². The summed E-state index contributed by atoms with van der Waals surface area (Å²) < 4.78 is 10.5. The fourth-order valence-electron chi connectivity index (χ4n) is 2.93. The predicted octanol–water partition coefficient (Wildman–Crippen LogP) is 1.59. The number of carbonyl (C=O) groups is 2. The van der Waals surface area contributed by atoms with Gasteiger partial charge in [-0.3, -0.25) is 0 Å². The van der Waals surface area contributed by atoms with Crippen LogP contribution in [-0.4, -0.2) is 48.1 Å². The number of fused-ring (bicyclic) bond motifs is 1. The summed E-state index contributed by atoms with van der Waals surface area (Å²) in [5, 5.41) is 18.4. The fraction of sp³-hybridized carbons (Fsp3) is 0.474. The minimum absolute atomic E-state index is 0.00570. The van der Waals surface area contributed by atoms with Crippen LogP contribution in [-0.2, 0) is 19.1 Å². The summed E-state index contributed by atoms with van der Waals surface area (Å²) >= 11 is 0. The summed E-state index contributed by atoms with van der Waals surface area (Å²) in [5.41, 5.74) is 2.17. The fourth-order valence-corrected chi connectivity index (χ4v) is 2.93. The Morgan fingerprint density at radius 2 is 2.08 bits per heavy atom. The maximum absolute atomic E-state index is 11.8. The Morgan fingerprint density at radius 1 is 1.32 bits per heavy atom. The van der Waals surface area contributed by atoms with Crippen molar-refractivity contribution in [2.45, 2.75) is 31.8 Å². The van der Waals surface area contributed by atoms with Crippen molar-refractivity contribution in [2.24, 2.45) is 5.92 Å². The van der Waals surface area contributed by atoms with E-state index < -0.39 is 18.5 Å². The lowest BCUT2D eigenvalue weighted by Gasteiger charge is -2.19. The number of aliphatic hydroxyl groups excluding tert-OH is 2. The Kier molecular flexibility index (Phi) is 6.73. The summed E-state index contributed by atoms with van der Waals surface area (Å²) in [4.78, 5) is 23.4. The molecule has 1 saturated heterocycles. The third-order valence-electron chi connectivity index (χ3n) is 4.51. The van der Waals surface area contributed by atoms with E-state index in [4.69, 9.17) is 14.6 Å². The van der Waals surface area contributed by atoms with Crippen molar-refractivity contribution >= 4 is 11.9 Å². The van der Waals surface area contributed by atoms with Crippen molar-refractivity contribution in [1.29, 1.82) is 0 Å². The standard InChI is InChI=1S/C19H24O6/c1-12(9-20)18(22)24-11-14-4-3-5-15(10-21)8-17-16(7-6-14)13(2)19(23)25-17/h5-6,16-17,20-21H,1-4,7-11H2/b14-6-,15-5-/t16-,17+/m1/s1. The van der Waals surface area contributed by atoms with Crippen LogP contribution in [0.4, 0.5) is 0 Å². The van der Waals surface area contributed by atoms with Gasteiger partial charge in [-0.05, 0) is 30.4 Å². The zero-order valence-corrected chi connectivity index (χ0v) is 14.2. The second-order valence-corrected chi connectivity index (χ2v) is 6.27. The van der Waals surface area contributed by atoms with Crippen LogP contribution in [0, 0.1) is 5.92 Å². The predicted molar refractivity (Wildman–Crippen MR) is 91.4 cm³/mol. The van der Waals surface area contributed by atoms with E-state index in [1.54, 1.807) is 0 Å². The lowest BCUT2D eigenvalue weighted by Crippen LogP contribution is -2.19. The van der Waals surface area contributed by atoms with Crippen molar-refractivity contribution < 1.29 is 29.3 Å². The van der Waals surface area contributed by atoms with Crippen LogP contribution in [0.3, 0.4) is 0 Å². The van der Waals surface area contributed by atoms with Gasteiger partial charge in [0, 0.05) is 17.9 Å². The van der Waals surface area contributed by atoms with E-state index in [0.29, 0.717) is 31.3 Å². The molecule has 0 aromatic heterocycles. The number of carbonyl (C=O) groups excluding carboxylic acids is 2. The molecule has 2 rings (SSSR count). The Balaban J connectivity index is 2.12. The van der Waals surface area contributed by atoms with Crippen molar-refractivity contribution in [1.82, 2.24) is 0 Å². The van der Waals surface area contributed by atoms with Crippen molar-refractivity contribution in [3.05, 3.63) is 47.6 Å². The molecule has 0 unspecified atom stereocenters. The highest BCUT2D eigenvalue weighted by Gasteiger charge is 2.38. The van der Waals surface area contributed by atoms with Crippen molar-refractivity contribution in [3.63, 3.8) is 0 Å². The molecule has 25 heavy (non-hydrogen) atoms. The zero-order chi connectivity index (χ0) is 18.4. The first kappa shape index (κ1) is 19.1. The summed E-state index contributed by atoms with van der Waals surface area (Å²) in [7, 11) is 0. The number of hydrogen-bond acceptors (Lipinski definition) is 6. The van der Waals surface area contributed by atoms with Crippen molar-refractivity contribution in [2.75, 3.05) is 19.8 Å². The molecule has 1 aliphatic carbocycles. The molecule has 0 amide bonds. The van der Waals surface area contributed by atoms with Crippen LogP contribution in [0.25, 0.3) is 0 Å². The topological polar surface area (TPSA) is 93.1 Å². The lowest BCUT2D eigenvalue weighted by molar-refractivity contribution is -0.139. The first-order valence-electron chi connectivity index (χ1n) is 8.28. The van der Waals surface area contributed by atoms with Gasteiger partial charge in [-0.2, -0.15) is 0 Å². The van der Waals surface area contributed by atoms with E-state index in [9.17, 15) is 14.7 Å². The molecular formula is C19H24O6. The third kappa shape index (κ3) is 4.90. The van der Waals surface area contributed by atoms with Gasteiger partial charge in [0.2, 0.25) is 0 Å². The summed E-state index contributed by atoms with van der Waals surface area (Å²) in [6, 6.07) is 0. The van der Waals surface area contributed by atoms with Crippen LogP contribution in [0.1, 0.15) is 25.7 Å². The van der Waals surface area contributed by atoms with Gasteiger partial charge < -0.3 is 19.7 Å². The van der Waals surface area contributed by atoms with Gasteiger partial charge in [0.25, 0.3) is 0 Å². The minimum atomic E-state index is -0.631. The van der Waals surface area contributed by atoms with E-state index >= 15 is 0 Å². The minimum Gasteiger partial charge on any atom is -0.458 e. The number of esters is 2. The van der Waals surface area contributed by atoms with E-state index in [0.717, 1.165) is 11.1 Å². The first-order chi connectivity index (χ1) is 12.0. The number of aliphatic hydroxyl groups is 2. The quantitative estimate of drug-likeness (QED) is 0.445. The van der Waals surface area contributed by atoms with Gasteiger partial charge in [-0.1, -0.05) is 25.3 Å². The molecular weight excluding hydrogens is 324 g/mol. The highest BCUT2D eigenvalue weighted by atomic mass is 16.6. The largest absolute Gasteiger partial charge is 0.458 e. The summed E-state index contributed by atoms with van der Waals surface area (Å²) in [5.74, 6) is -1.18. The molecule has 0 spiro atoms. The highest BCUT2D eigenvalue weighted by Crippen LogP contribution is 2.34. The normalized spacial score (nSPS) is 28.1. The molecule has 6 nitrogen and oxygen atoms in total. The Labute approximate surface area is 147 Å². The molecule has 2 atom stereocenters. The van der Waals surface area contributed by atoms with E-state index in [1.165, 1.54) is 0 Å². The van der Waals surface area contributed by atoms with Crippen molar-refractivity contribution in [3.8, 4) is 0 Å².